The number of hydrogen-bond donors (Lipinski definition) is 2. The minimum Gasteiger partial charge on any atom is -0.480 e. The number of carbonyl (C=O) groups is 4. The highest BCUT2D eigenvalue weighted by molar-refractivity contribution is 5.80. The van der Waals surface area contributed by atoms with Crippen molar-refractivity contribution in [3.63, 3.8) is 0 Å². The SMILES string of the molecule is CC(C)COC(=O)O[C@@H](C)CC(N)(Cc1ccc(OC(=O)C(C)C(C)C)c(OC(=O)C(C)C(C)C)c1)C(=O)O. The molecule has 0 aliphatic rings. The average molecular weight is 552 g/mol. The van der Waals surface area contributed by atoms with Crippen molar-refractivity contribution in [1.29, 1.82) is 0 Å². The van der Waals surface area contributed by atoms with E-state index in [0.29, 0.717) is 5.56 Å². The third kappa shape index (κ3) is 10.9. The fraction of sp³-hybridized carbons (Fsp3) is 0.655. The Balaban J connectivity index is 3.24. The molecule has 0 spiro atoms. The van der Waals surface area contributed by atoms with Crippen molar-refractivity contribution in [2.75, 3.05) is 6.61 Å². The molecule has 0 aliphatic carbocycles. The summed E-state index contributed by atoms with van der Waals surface area (Å²) >= 11 is 0. The van der Waals surface area contributed by atoms with Crippen LogP contribution in [0.2, 0.25) is 0 Å². The lowest BCUT2D eigenvalue weighted by Gasteiger charge is -2.28. The minimum absolute atomic E-state index is 0.00469. The zero-order valence-corrected chi connectivity index (χ0v) is 24.6. The maximum Gasteiger partial charge on any atom is 0.508 e. The van der Waals surface area contributed by atoms with E-state index in [1.165, 1.54) is 19.1 Å². The molecule has 39 heavy (non-hydrogen) atoms. The first-order valence-electron chi connectivity index (χ1n) is 13.4. The molecule has 0 heterocycles. The molecule has 3 N–H and O–H groups in total. The number of nitrogens with two attached hydrogens (primary N) is 1. The predicted molar refractivity (Wildman–Crippen MR) is 145 cm³/mol. The van der Waals surface area contributed by atoms with E-state index in [1.54, 1.807) is 19.9 Å². The van der Waals surface area contributed by atoms with Gasteiger partial charge in [0.1, 0.15) is 11.6 Å². The Bertz CT molecular complexity index is 1000. The molecule has 10 nitrogen and oxygen atoms in total. The van der Waals surface area contributed by atoms with Gasteiger partial charge in [-0.05, 0) is 42.4 Å². The lowest BCUT2D eigenvalue weighted by atomic mass is 9.86. The second kappa shape index (κ2) is 14.9. The molecule has 0 saturated heterocycles. The highest BCUT2D eigenvalue weighted by atomic mass is 16.7. The number of esters is 2. The van der Waals surface area contributed by atoms with E-state index in [0.717, 1.165) is 0 Å². The number of rotatable bonds is 14. The van der Waals surface area contributed by atoms with E-state index in [2.05, 4.69) is 0 Å². The zero-order chi connectivity index (χ0) is 30.1. The van der Waals surface area contributed by atoms with Crippen LogP contribution in [0.4, 0.5) is 4.79 Å². The third-order valence-corrected chi connectivity index (χ3v) is 6.60. The smallest absolute Gasteiger partial charge is 0.480 e. The van der Waals surface area contributed by atoms with E-state index in [9.17, 15) is 24.3 Å². The van der Waals surface area contributed by atoms with E-state index < -0.39 is 47.5 Å². The van der Waals surface area contributed by atoms with E-state index >= 15 is 0 Å². The van der Waals surface area contributed by atoms with Crippen LogP contribution in [0, 0.1) is 29.6 Å². The Morgan fingerprint density at radius 3 is 1.82 bits per heavy atom. The number of carbonyl (C=O) groups excluding carboxylic acids is 3. The van der Waals surface area contributed by atoms with Gasteiger partial charge in [0.15, 0.2) is 11.5 Å². The van der Waals surface area contributed by atoms with Gasteiger partial charge in [0.25, 0.3) is 0 Å². The number of hydrogen-bond acceptors (Lipinski definition) is 9. The largest absolute Gasteiger partial charge is 0.508 e. The Labute approximate surface area is 231 Å². The van der Waals surface area contributed by atoms with Crippen LogP contribution >= 0.6 is 0 Å². The second-order valence-electron chi connectivity index (χ2n) is 11.4. The van der Waals surface area contributed by atoms with Gasteiger partial charge < -0.3 is 29.8 Å². The highest BCUT2D eigenvalue weighted by Crippen LogP contribution is 2.33. The predicted octanol–water partition coefficient (Wildman–Crippen LogP) is 4.99. The summed E-state index contributed by atoms with van der Waals surface area (Å²) < 4.78 is 21.3. The molecular formula is C29H45NO9. The first-order valence-corrected chi connectivity index (χ1v) is 13.4. The minimum atomic E-state index is -1.82. The van der Waals surface area contributed by atoms with Crippen LogP contribution in [0.15, 0.2) is 18.2 Å². The van der Waals surface area contributed by atoms with Gasteiger partial charge in [0.2, 0.25) is 0 Å². The van der Waals surface area contributed by atoms with Crippen molar-refractivity contribution in [2.45, 2.75) is 86.8 Å². The van der Waals surface area contributed by atoms with E-state index in [-0.39, 0.29) is 48.7 Å². The molecule has 1 rings (SSSR count). The normalized spacial score (nSPS) is 15.3. The van der Waals surface area contributed by atoms with Crippen molar-refractivity contribution >= 4 is 24.1 Å². The topological polar surface area (TPSA) is 151 Å². The monoisotopic (exact) mass is 551 g/mol. The molecule has 4 atom stereocenters. The molecule has 220 valence electrons. The standard InChI is InChI=1S/C29H45NO9/c1-16(2)15-36-28(35)37-19(7)13-29(30,27(33)34)14-22-10-11-23(38-25(31)20(8)17(3)4)24(12-22)39-26(32)21(9)18(5)6/h10-12,16-21H,13-15,30H2,1-9H3,(H,33,34)/t19-,20?,21?,29?/m0/s1. The van der Waals surface area contributed by atoms with Gasteiger partial charge in [-0.1, -0.05) is 61.5 Å². The van der Waals surface area contributed by atoms with Gasteiger partial charge in [-0.15, -0.1) is 0 Å². The summed E-state index contributed by atoms with van der Waals surface area (Å²) in [4.78, 5) is 49.5. The molecule has 1 aromatic carbocycles. The molecular weight excluding hydrogens is 506 g/mol. The van der Waals surface area contributed by atoms with Crippen LogP contribution in [0.25, 0.3) is 0 Å². The molecule has 0 aromatic heterocycles. The maximum absolute atomic E-state index is 12.7. The fourth-order valence-corrected chi connectivity index (χ4v) is 3.36. The molecule has 0 saturated carbocycles. The molecule has 0 fully saturated rings. The van der Waals surface area contributed by atoms with Gasteiger partial charge in [-0.25, -0.2) is 4.79 Å². The molecule has 0 amide bonds. The Kier molecular flexibility index (Phi) is 12.9. The van der Waals surface area contributed by atoms with Crippen LogP contribution in [0.5, 0.6) is 11.5 Å². The van der Waals surface area contributed by atoms with Crippen LogP contribution < -0.4 is 15.2 Å². The summed E-state index contributed by atoms with van der Waals surface area (Å²) in [6, 6.07) is 4.45. The molecule has 0 aliphatic heterocycles. The van der Waals surface area contributed by atoms with Crippen molar-refractivity contribution in [2.24, 2.45) is 35.3 Å². The number of ether oxygens (including phenoxy) is 4. The zero-order valence-electron chi connectivity index (χ0n) is 24.6. The van der Waals surface area contributed by atoms with Crippen molar-refractivity contribution < 1.29 is 43.2 Å². The van der Waals surface area contributed by atoms with Crippen molar-refractivity contribution in [3.05, 3.63) is 23.8 Å². The third-order valence-electron chi connectivity index (χ3n) is 6.60. The van der Waals surface area contributed by atoms with Crippen molar-refractivity contribution in [1.82, 2.24) is 0 Å². The Morgan fingerprint density at radius 1 is 0.846 bits per heavy atom. The van der Waals surface area contributed by atoms with E-state index in [4.69, 9.17) is 24.7 Å². The molecule has 0 bridgehead atoms. The first kappa shape index (κ1) is 33.9. The molecule has 1 aromatic rings. The number of carboxylic acids is 1. The van der Waals surface area contributed by atoms with Crippen LogP contribution in [-0.4, -0.2) is 47.4 Å². The number of aliphatic carboxylic acids is 1. The number of benzene rings is 1. The van der Waals surface area contributed by atoms with Gasteiger partial charge in [0.05, 0.1) is 18.4 Å². The molecule has 0 radical (unpaired) electrons. The fourth-order valence-electron chi connectivity index (χ4n) is 3.36. The Hall–Kier alpha value is -3.14. The van der Waals surface area contributed by atoms with E-state index in [1.807, 2.05) is 41.5 Å². The highest BCUT2D eigenvalue weighted by Gasteiger charge is 2.37. The van der Waals surface area contributed by atoms with Gasteiger partial charge >= 0.3 is 24.1 Å². The van der Waals surface area contributed by atoms with Gasteiger partial charge in [-0.2, -0.15) is 0 Å². The molecule has 3 unspecified atom stereocenters. The second-order valence-corrected chi connectivity index (χ2v) is 11.4. The molecule has 10 heteroatoms. The summed E-state index contributed by atoms with van der Waals surface area (Å²) in [5, 5.41) is 9.94. The van der Waals surface area contributed by atoms with Crippen LogP contribution in [-0.2, 0) is 30.3 Å². The summed E-state index contributed by atoms with van der Waals surface area (Å²) in [5.41, 5.74) is 4.88. The lowest BCUT2D eigenvalue weighted by Crippen LogP contribution is -2.52. The first-order chi connectivity index (χ1) is 18.0. The van der Waals surface area contributed by atoms with Gasteiger partial charge in [-0.3, -0.25) is 14.4 Å². The van der Waals surface area contributed by atoms with Crippen LogP contribution in [0.1, 0.15) is 74.3 Å². The lowest BCUT2D eigenvalue weighted by molar-refractivity contribution is -0.145. The van der Waals surface area contributed by atoms with Crippen molar-refractivity contribution in [3.8, 4) is 11.5 Å². The quantitative estimate of drug-likeness (QED) is 0.239. The summed E-state index contributed by atoms with van der Waals surface area (Å²) in [6.07, 6.45) is -2.15. The summed E-state index contributed by atoms with van der Waals surface area (Å²) in [6.45, 7) is 16.5. The van der Waals surface area contributed by atoms with Gasteiger partial charge in [0, 0.05) is 12.8 Å². The average Bonchev–Trinajstić information content (AvgIpc) is 2.82. The summed E-state index contributed by atoms with van der Waals surface area (Å²) in [5.74, 6) is -2.96. The van der Waals surface area contributed by atoms with Crippen LogP contribution in [0.3, 0.4) is 0 Å². The maximum atomic E-state index is 12.7. The number of carboxylic acid groups (broad SMARTS) is 1. The summed E-state index contributed by atoms with van der Waals surface area (Å²) in [7, 11) is 0. The Morgan fingerprint density at radius 2 is 1.36 bits per heavy atom.